The molecule has 0 amide bonds. The standard InChI is InChI=1S/C15H21N5O/c1-16-14-8-15(19-11-18-14)20-6-2-4-12(20)9-17-10-13-5-3-7-21-13/h3,5,7-8,11-12,17H,2,4,6,9-10H2,1H3,(H,16,18,19)/t12-/m1/s1. The first kappa shape index (κ1) is 13.9. The highest BCUT2D eigenvalue weighted by Crippen LogP contribution is 2.24. The number of furan rings is 1. The number of hydrogen-bond acceptors (Lipinski definition) is 6. The Kier molecular flexibility index (Phi) is 4.35. The SMILES string of the molecule is CNc1cc(N2CCC[C@@H]2CNCc2ccco2)ncn1. The third-order valence-electron chi connectivity index (χ3n) is 3.84. The number of nitrogens with zero attached hydrogens (tertiary/aromatic N) is 3. The Morgan fingerprint density at radius 2 is 2.38 bits per heavy atom. The predicted octanol–water partition coefficient (Wildman–Crippen LogP) is 1.87. The monoisotopic (exact) mass is 287 g/mol. The summed E-state index contributed by atoms with van der Waals surface area (Å²) >= 11 is 0. The Balaban J connectivity index is 1.59. The predicted molar refractivity (Wildman–Crippen MR) is 82.4 cm³/mol. The zero-order chi connectivity index (χ0) is 14.5. The van der Waals surface area contributed by atoms with E-state index in [4.69, 9.17) is 4.42 Å². The van der Waals surface area contributed by atoms with E-state index < -0.39 is 0 Å². The second kappa shape index (κ2) is 6.58. The molecule has 1 fully saturated rings. The van der Waals surface area contributed by atoms with Crippen LogP contribution in [0.1, 0.15) is 18.6 Å². The Morgan fingerprint density at radius 3 is 3.19 bits per heavy atom. The largest absolute Gasteiger partial charge is 0.468 e. The fourth-order valence-corrected chi connectivity index (χ4v) is 2.77. The molecule has 0 spiro atoms. The van der Waals surface area contributed by atoms with Crippen LogP contribution in [0.25, 0.3) is 0 Å². The van der Waals surface area contributed by atoms with Crippen molar-refractivity contribution in [3.05, 3.63) is 36.5 Å². The molecule has 0 unspecified atom stereocenters. The smallest absolute Gasteiger partial charge is 0.134 e. The molecule has 112 valence electrons. The van der Waals surface area contributed by atoms with Gasteiger partial charge in [-0.2, -0.15) is 0 Å². The number of anilines is 2. The Morgan fingerprint density at radius 1 is 1.43 bits per heavy atom. The van der Waals surface area contributed by atoms with Crippen LogP contribution >= 0.6 is 0 Å². The van der Waals surface area contributed by atoms with Gasteiger partial charge in [0.1, 0.15) is 23.7 Å². The Labute approximate surface area is 124 Å². The van der Waals surface area contributed by atoms with Crippen molar-refractivity contribution in [3.63, 3.8) is 0 Å². The van der Waals surface area contributed by atoms with E-state index in [9.17, 15) is 0 Å². The van der Waals surface area contributed by atoms with Gasteiger partial charge in [-0.3, -0.25) is 0 Å². The van der Waals surface area contributed by atoms with Crippen LogP contribution in [0.5, 0.6) is 0 Å². The van der Waals surface area contributed by atoms with Crippen molar-refractivity contribution in [2.75, 3.05) is 30.4 Å². The summed E-state index contributed by atoms with van der Waals surface area (Å²) in [6.45, 7) is 2.75. The molecule has 6 heteroatoms. The highest BCUT2D eigenvalue weighted by molar-refractivity contribution is 5.49. The normalized spacial score (nSPS) is 18.1. The van der Waals surface area contributed by atoms with Gasteiger partial charge in [0.05, 0.1) is 12.8 Å². The molecule has 0 aliphatic carbocycles. The zero-order valence-corrected chi connectivity index (χ0v) is 12.2. The average Bonchev–Trinajstić information content (AvgIpc) is 3.19. The first-order chi connectivity index (χ1) is 10.4. The van der Waals surface area contributed by atoms with E-state index in [0.29, 0.717) is 6.04 Å². The van der Waals surface area contributed by atoms with Gasteiger partial charge in [-0.25, -0.2) is 9.97 Å². The summed E-state index contributed by atoms with van der Waals surface area (Å²) in [5.74, 6) is 2.82. The van der Waals surface area contributed by atoms with Gasteiger partial charge in [-0.05, 0) is 25.0 Å². The third kappa shape index (κ3) is 3.33. The van der Waals surface area contributed by atoms with E-state index >= 15 is 0 Å². The van der Waals surface area contributed by atoms with Crippen molar-refractivity contribution in [2.45, 2.75) is 25.4 Å². The molecule has 1 aliphatic rings. The lowest BCUT2D eigenvalue weighted by atomic mass is 10.2. The van der Waals surface area contributed by atoms with Crippen LogP contribution < -0.4 is 15.5 Å². The maximum atomic E-state index is 5.33. The molecule has 0 bridgehead atoms. The first-order valence-electron chi connectivity index (χ1n) is 7.36. The van der Waals surface area contributed by atoms with Crippen molar-refractivity contribution >= 4 is 11.6 Å². The summed E-state index contributed by atoms with van der Waals surface area (Å²) in [5.41, 5.74) is 0. The minimum absolute atomic E-state index is 0.472. The molecule has 2 aromatic heterocycles. The maximum Gasteiger partial charge on any atom is 0.134 e. The highest BCUT2D eigenvalue weighted by atomic mass is 16.3. The topological polar surface area (TPSA) is 66.2 Å². The summed E-state index contributed by atoms with van der Waals surface area (Å²) in [6.07, 6.45) is 5.71. The molecule has 3 heterocycles. The Hall–Kier alpha value is -2.08. The summed E-state index contributed by atoms with van der Waals surface area (Å²) in [4.78, 5) is 10.9. The van der Waals surface area contributed by atoms with Crippen molar-refractivity contribution < 1.29 is 4.42 Å². The van der Waals surface area contributed by atoms with E-state index in [1.165, 1.54) is 12.8 Å². The van der Waals surface area contributed by atoms with Crippen LogP contribution in [0.4, 0.5) is 11.6 Å². The molecule has 6 nitrogen and oxygen atoms in total. The summed E-state index contributed by atoms with van der Waals surface area (Å²) in [7, 11) is 1.87. The molecule has 1 atom stereocenters. The second-order valence-electron chi connectivity index (χ2n) is 5.21. The summed E-state index contributed by atoms with van der Waals surface area (Å²) < 4.78 is 5.33. The number of aromatic nitrogens is 2. The number of rotatable bonds is 6. The van der Waals surface area contributed by atoms with Gasteiger partial charge in [-0.15, -0.1) is 0 Å². The van der Waals surface area contributed by atoms with Crippen molar-refractivity contribution in [1.29, 1.82) is 0 Å². The van der Waals surface area contributed by atoms with Crippen LogP contribution in [0.15, 0.2) is 35.2 Å². The lowest BCUT2D eigenvalue weighted by molar-refractivity contribution is 0.471. The molecule has 2 N–H and O–H groups in total. The van der Waals surface area contributed by atoms with Gasteiger partial charge in [0.25, 0.3) is 0 Å². The van der Waals surface area contributed by atoms with Crippen molar-refractivity contribution in [1.82, 2.24) is 15.3 Å². The molecular weight excluding hydrogens is 266 g/mol. The van der Waals surface area contributed by atoms with Gasteiger partial charge in [0.2, 0.25) is 0 Å². The van der Waals surface area contributed by atoms with E-state index in [2.05, 4.69) is 25.5 Å². The zero-order valence-electron chi connectivity index (χ0n) is 12.2. The van der Waals surface area contributed by atoms with Crippen molar-refractivity contribution in [2.24, 2.45) is 0 Å². The molecule has 2 aromatic rings. The lowest BCUT2D eigenvalue weighted by Gasteiger charge is -2.26. The average molecular weight is 287 g/mol. The Bertz CT molecular complexity index is 557. The number of nitrogens with one attached hydrogen (secondary N) is 2. The summed E-state index contributed by atoms with van der Waals surface area (Å²) in [5, 5.41) is 6.53. The van der Waals surface area contributed by atoms with Crippen LogP contribution in [0, 0.1) is 0 Å². The van der Waals surface area contributed by atoms with Gasteiger partial charge in [0, 0.05) is 32.2 Å². The summed E-state index contributed by atoms with van der Waals surface area (Å²) in [6, 6.07) is 6.38. The van der Waals surface area contributed by atoms with E-state index in [-0.39, 0.29) is 0 Å². The van der Waals surface area contributed by atoms with Crippen molar-refractivity contribution in [3.8, 4) is 0 Å². The molecule has 0 saturated carbocycles. The minimum Gasteiger partial charge on any atom is -0.468 e. The van der Waals surface area contributed by atoms with Crippen LogP contribution in [0.3, 0.4) is 0 Å². The first-order valence-corrected chi connectivity index (χ1v) is 7.36. The molecule has 1 aliphatic heterocycles. The van der Waals surface area contributed by atoms with E-state index in [1.54, 1.807) is 12.6 Å². The molecule has 0 aromatic carbocycles. The molecular formula is C15H21N5O. The molecule has 0 radical (unpaired) electrons. The number of hydrogen-bond donors (Lipinski definition) is 2. The van der Waals surface area contributed by atoms with E-state index in [0.717, 1.165) is 37.0 Å². The molecule has 3 rings (SSSR count). The van der Waals surface area contributed by atoms with Crippen LogP contribution in [-0.2, 0) is 6.54 Å². The molecule has 1 saturated heterocycles. The van der Waals surface area contributed by atoms with Gasteiger partial charge >= 0.3 is 0 Å². The van der Waals surface area contributed by atoms with Gasteiger partial charge < -0.3 is 20.0 Å². The van der Waals surface area contributed by atoms with Gasteiger partial charge in [0.15, 0.2) is 0 Å². The van der Waals surface area contributed by atoms with Crippen LogP contribution in [-0.4, -0.2) is 36.1 Å². The third-order valence-corrected chi connectivity index (χ3v) is 3.84. The molecule has 21 heavy (non-hydrogen) atoms. The highest BCUT2D eigenvalue weighted by Gasteiger charge is 2.25. The van der Waals surface area contributed by atoms with E-state index in [1.807, 2.05) is 25.2 Å². The lowest BCUT2D eigenvalue weighted by Crippen LogP contribution is -2.38. The maximum absolute atomic E-state index is 5.33. The van der Waals surface area contributed by atoms with Gasteiger partial charge in [-0.1, -0.05) is 0 Å². The fraction of sp³-hybridized carbons (Fsp3) is 0.467. The quantitative estimate of drug-likeness (QED) is 0.845. The minimum atomic E-state index is 0.472. The second-order valence-corrected chi connectivity index (χ2v) is 5.21. The van der Waals surface area contributed by atoms with Crippen LogP contribution in [0.2, 0.25) is 0 Å². The fourth-order valence-electron chi connectivity index (χ4n) is 2.77.